The minimum absolute atomic E-state index is 0.263. The summed E-state index contributed by atoms with van der Waals surface area (Å²) in [5.41, 5.74) is 2.41. The van der Waals surface area contributed by atoms with Crippen LogP contribution in [0.5, 0.6) is 6.01 Å². The number of nitrogens with two attached hydrogens (primary N) is 1. The molecule has 21 heavy (non-hydrogen) atoms. The van der Waals surface area contributed by atoms with E-state index in [2.05, 4.69) is 25.7 Å². The molecular weight excluding hydrogens is 272 g/mol. The largest absolute Gasteiger partial charge is 0.463 e. The van der Waals surface area contributed by atoms with Crippen molar-refractivity contribution in [3.8, 4) is 6.01 Å². The molecule has 0 saturated heterocycles. The molecule has 8 heteroatoms. The first-order valence-corrected chi connectivity index (χ1v) is 7.52. The molecule has 1 aromatic heterocycles. The highest BCUT2D eigenvalue weighted by Crippen LogP contribution is 2.20. The van der Waals surface area contributed by atoms with Crippen molar-refractivity contribution in [2.24, 2.45) is 5.84 Å². The predicted molar refractivity (Wildman–Crippen MR) is 80.1 cm³/mol. The quantitative estimate of drug-likeness (QED) is 0.356. The van der Waals surface area contributed by atoms with Crippen LogP contribution < -0.4 is 21.3 Å². The Kier molecular flexibility index (Phi) is 6.42. The van der Waals surface area contributed by atoms with Gasteiger partial charge in [0, 0.05) is 6.54 Å². The number of hydrogen-bond donors (Lipinski definition) is 3. The maximum Gasteiger partial charge on any atom is 0.323 e. The molecule has 0 unspecified atom stereocenters. The summed E-state index contributed by atoms with van der Waals surface area (Å²) in [7, 11) is 0. The summed E-state index contributed by atoms with van der Waals surface area (Å²) in [5.74, 6) is 6.05. The van der Waals surface area contributed by atoms with Crippen LogP contribution in [0.4, 0.5) is 11.9 Å². The van der Waals surface area contributed by atoms with E-state index in [9.17, 15) is 0 Å². The molecule has 1 fully saturated rings. The monoisotopic (exact) mass is 296 g/mol. The van der Waals surface area contributed by atoms with E-state index < -0.39 is 0 Å². The summed E-state index contributed by atoms with van der Waals surface area (Å²) in [6, 6.07) is 0.263. The summed E-state index contributed by atoms with van der Waals surface area (Å²) in [4.78, 5) is 12.3. The van der Waals surface area contributed by atoms with Gasteiger partial charge < -0.3 is 14.8 Å². The zero-order valence-electron chi connectivity index (χ0n) is 12.5. The molecule has 1 aliphatic rings. The number of hydrogen-bond acceptors (Lipinski definition) is 8. The van der Waals surface area contributed by atoms with E-state index in [0.717, 1.165) is 6.42 Å². The average Bonchev–Trinajstić information content (AvgIpc) is 3.02. The minimum Gasteiger partial charge on any atom is -0.463 e. The molecule has 0 bridgehead atoms. The maximum absolute atomic E-state index is 5.77. The highest BCUT2D eigenvalue weighted by atomic mass is 16.5. The summed E-state index contributed by atoms with van der Waals surface area (Å²) >= 11 is 0. The van der Waals surface area contributed by atoms with Crippen LogP contribution >= 0.6 is 0 Å². The van der Waals surface area contributed by atoms with Gasteiger partial charge in [0.15, 0.2) is 0 Å². The van der Waals surface area contributed by atoms with Crippen LogP contribution in [-0.2, 0) is 4.74 Å². The molecule has 1 saturated carbocycles. The van der Waals surface area contributed by atoms with Crippen molar-refractivity contribution in [3.05, 3.63) is 0 Å². The molecule has 4 N–H and O–H groups in total. The minimum atomic E-state index is 0.263. The number of nitrogens with one attached hydrogen (secondary N) is 2. The van der Waals surface area contributed by atoms with Crippen LogP contribution in [0.3, 0.4) is 0 Å². The Morgan fingerprint density at radius 3 is 2.62 bits per heavy atom. The van der Waals surface area contributed by atoms with E-state index in [1.807, 2.05) is 6.92 Å². The van der Waals surface area contributed by atoms with E-state index in [1.54, 1.807) is 0 Å². The zero-order chi connectivity index (χ0) is 14.9. The van der Waals surface area contributed by atoms with E-state index in [0.29, 0.717) is 31.8 Å². The van der Waals surface area contributed by atoms with Gasteiger partial charge in [0.25, 0.3) is 0 Å². The van der Waals surface area contributed by atoms with Crippen LogP contribution in [0.15, 0.2) is 0 Å². The number of anilines is 2. The first-order chi connectivity index (χ1) is 10.3. The third-order valence-electron chi connectivity index (χ3n) is 3.22. The number of ether oxygens (including phenoxy) is 2. The Balaban J connectivity index is 1.80. The third kappa shape index (κ3) is 5.31. The van der Waals surface area contributed by atoms with Gasteiger partial charge in [-0.2, -0.15) is 15.0 Å². The molecule has 0 radical (unpaired) electrons. The van der Waals surface area contributed by atoms with Crippen molar-refractivity contribution in [2.75, 3.05) is 30.5 Å². The van der Waals surface area contributed by atoms with Gasteiger partial charge in [0.05, 0.1) is 19.3 Å². The van der Waals surface area contributed by atoms with Crippen LogP contribution in [-0.4, -0.2) is 40.8 Å². The molecule has 118 valence electrons. The molecular formula is C13H24N6O2. The van der Waals surface area contributed by atoms with Crippen LogP contribution in [0.25, 0.3) is 0 Å². The van der Waals surface area contributed by atoms with E-state index in [4.69, 9.17) is 15.3 Å². The topological polar surface area (TPSA) is 107 Å². The Morgan fingerprint density at radius 1 is 1.14 bits per heavy atom. The normalized spacial score (nSPS) is 15.1. The van der Waals surface area contributed by atoms with Crippen molar-refractivity contribution in [3.63, 3.8) is 0 Å². The lowest BCUT2D eigenvalue weighted by Gasteiger charge is -2.12. The molecule has 0 aromatic carbocycles. The van der Waals surface area contributed by atoms with Crippen LogP contribution in [0.2, 0.25) is 0 Å². The van der Waals surface area contributed by atoms with Gasteiger partial charge in [-0.25, -0.2) is 5.84 Å². The van der Waals surface area contributed by atoms with E-state index in [-0.39, 0.29) is 12.0 Å². The Labute approximate surface area is 124 Å². The lowest BCUT2D eigenvalue weighted by atomic mass is 10.3. The van der Waals surface area contributed by atoms with Gasteiger partial charge in [-0.05, 0) is 19.3 Å². The molecule has 8 nitrogen and oxygen atoms in total. The molecule has 2 rings (SSSR count). The average molecular weight is 296 g/mol. The van der Waals surface area contributed by atoms with Crippen molar-refractivity contribution >= 4 is 11.9 Å². The second kappa shape index (κ2) is 8.58. The van der Waals surface area contributed by atoms with Gasteiger partial charge in [-0.15, -0.1) is 0 Å². The van der Waals surface area contributed by atoms with Gasteiger partial charge in [-0.3, -0.25) is 5.43 Å². The second-order valence-corrected chi connectivity index (χ2v) is 4.96. The van der Waals surface area contributed by atoms with E-state index >= 15 is 0 Å². The standard InChI is InChI=1S/C13H24N6O2/c1-2-8-21-13-17-11(16-12(18-13)19-14)15-7-9-20-10-5-3-4-6-10/h10H,2-9,14H2,1H3,(H2,15,16,17,18,19). The Bertz CT molecular complexity index is 425. The van der Waals surface area contributed by atoms with Gasteiger partial charge in [-0.1, -0.05) is 19.8 Å². The fraction of sp³-hybridized carbons (Fsp3) is 0.769. The SMILES string of the molecule is CCCOc1nc(NN)nc(NCCOC2CCCC2)n1. The number of nitrogens with zero attached hydrogens (tertiary/aromatic N) is 3. The first-order valence-electron chi connectivity index (χ1n) is 7.52. The van der Waals surface area contributed by atoms with Crippen molar-refractivity contribution in [1.29, 1.82) is 0 Å². The molecule has 0 atom stereocenters. The summed E-state index contributed by atoms with van der Waals surface area (Å²) < 4.78 is 11.2. The molecule has 1 aromatic rings. The zero-order valence-corrected chi connectivity index (χ0v) is 12.5. The van der Waals surface area contributed by atoms with Crippen molar-refractivity contribution < 1.29 is 9.47 Å². The van der Waals surface area contributed by atoms with E-state index in [1.165, 1.54) is 25.7 Å². The fourth-order valence-electron chi connectivity index (χ4n) is 2.20. The second-order valence-electron chi connectivity index (χ2n) is 4.96. The summed E-state index contributed by atoms with van der Waals surface area (Å²) in [6.07, 6.45) is 6.18. The van der Waals surface area contributed by atoms with Crippen LogP contribution in [0.1, 0.15) is 39.0 Å². The van der Waals surface area contributed by atoms with Gasteiger partial charge in [0.1, 0.15) is 0 Å². The lowest BCUT2D eigenvalue weighted by Crippen LogP contribution is -2.18. The lowest BCUT2D eigenvalue weighted by molar-refractivity contribution is 0.0658. The number of nitrogen functional groups attached to an aromatic ring is 1. The highest BCUT2D eigenvalue weighted by molar-refractivity contribution is 5.34. The smallest absolute Gasteiger partial charge is 0.323 e. The fourth-order valence-corrected chi connectivity index (χ4v) is 2.20. The van der Waals surface area contributed by atoms with Crippen molar-refractivity contribution in [2.45, 2.75) is 45.1 Å². The molecule has 1 heterocycles. The Morgan fingerprint density at radius 2 is 1.90 bits per heavy atom. The molecule has 0 amide bonds. The van der Waals surface area contributed by atoms with Gasteiger partial charge in [0.2, 0.25) is 11.9 Å². The third-order valence-corrected chi connectivity index (χ3v) is 3.22. The number of aromatic nitrogens is 3. The highest BCUT2D eigenvalue weighted by Gasteiger charge is 2.14. The molecule has 1 aliphatic carbocycles. The molecule has 0 spiro atoms. The maximum atomic E-state index is 5.77. The first kappa shape index (κ1) is 15.7. The van der Waals surface area contributed by atoms with Gasteiger partial charge >= 0.3 is 6.01 Å². The number of rotatable bonds is 9. The summed E-state index contributed by atoms with van der Waals surface area (Å²) in [5, 5.41) is 3.10. The number of hydrazine groups is 1. The van der Waals surface area contributed by atoms with Crippen LogP contribution in [0, 0.1) is 0 Å². The molecule has 0 aliphatic heterocycles. The summed E-state index contributed by atoms with van der Waals surface area (Å²) in [6.45, 7) is 3.84. The predicted octanol–water partition coefficient (Wildman–Crippen LogP) is 1.32. The van der Waals surface area contributed by atoms with Crippen molar-refractivity contribution in [1.82, 2.24) is 15.0 Å². The Hall–Kier alpha value is -1.67.